The third kappa shape index (κ3) is 3.47. The third-order valence-corrected chi connectivity index (χ3v) is 4.79. The molecule has 3 rings (SSSR count). The van der Waals surface area contributed by atoms with Crippen LogP contribution >= 0.6 is 12.4 Å². The smallest absolute Gasteiger partial charge is 0.138 e. The first-order valence-corrected chi connectivity index (χ1v) is 8.24. The number of hydrogen-bond donors (Lipinski definition) is 2. The number of nitrogens with zero attached hydrogens (tertiary/aromatic N) is 4. The number of halogens is 1. The Balaban J connectivity index is 0.00000208. The number of nitriles is 1. The van der Waals surface area contributed by atoms with Gasteiger partial charge in [-0.25, -0.2) is 9.97 Å². The molecule has 1 fully saturated rings. The van der Waals surface area contributed by atoms with Crippen LogP contribution in [0.2, 0.25) is 0 Å². The largest absolute Gasteiger partial charge is 0.385 e. The lowest BCUT2D eigenvalue weighted by atomic mass is 9.84. The molecule has 6 nitrogen and oxygen atoms in total. The summed E-state index contributed by atoms with van der Waals surface area (Å²) in [4.78, 5) is 8.90. The Hall–Kier alpha value is -1.84. The minimum absolute atomic E-state index is 0. The summed E-state index contributed by atoms with van der Waals surface area (Å²) >= 11 is 0. The second kappa shape index (κ2) is 7.82. The SMILES string of the molecule is CNc1cc2c(cn1)nc([C@@H](C)O)n2[C@H]1CC[C@H](CC#N)CC1.Cl. The van der Waals surface area contributed by atoms with Crippen LogP contribution in [-0.2, 0) is 0 Å². The predicted octanol–water partition coefficient (Wildman–Crippen LogP) is 3.59. The molecule has 0 aliphatic heterocycles. The first kappa shape index (κ1) is 18.5. The Bertz CT molecular complexity index is 728. The molecule has 1 atom stereocenters. The van der Waals surface area contributed by atoms with Gasteiger partial charge in [-0.15, -0.1) is 12.4 Å². The summed E-state index contributed by atoms with van der Waals surface area (Å²) in [5.74, 6) is 2.02. The number of hydrogen-bond acceptors (Lipinski definition) is 5. The average molecular weight is 350 g/mol. The Labute approximate surface area is 148 Å². The zero-order chi connectivity index (χ0) is 16.4. The maximum atomic E-state index is 10.1. The first-order chi connectivity index (χ1) is 11.1. The molecule has 24 heavy (non-hydrogen) atoms. The van der Waals surface area contributed by atoms with E-state index in [1.165, 1.54) is 0 Å². The molecule has 2 aromatic rings. The van der Waals surface area contributed by atoms with Crippen molar-refractivity contribution in [2.24, 2.45) is 5.92 Å². The molecule has 2 aromatic heterocycles. The van der Waals surface area contributed by atoms with Gasteiger partial charge < -0.3 is 15.0 Å². The number of aromatic nitrogens is 3. The number of fused-ring (bicyclic) bond motifs is 1. The second-order valence-corrected chi connectivity index (χ2v) is 6.36. The number of rotatable bonds is 4. The average Bonchev–Trinajstić information content (AvgIpc) is 2.94. The van der Waals surface area contributed by atoms with E-state index in [0.29, 0.717) is 24.2 Å². The van der Waals surface area contributed by atoms with Gasteiger partial charge in [0.1, 0.15) is 23.3 Å². The van der Waals surface area contributed by atoms with Crippen LogP contribution in [0, 0.1) is 17.2 Å². The van der Waals surface area contributed by atoms with Crippen LogP contribution in [0.1, 0.15) is 57.0 Å². The Morgan fingerprint density at radius 2 is 2.12 bits per heavy atom. The zero-order valence-corrected chi connectivity index (χ0v) is 14.9. The molecule has 2 heterocycles. The number of imidazole rings is 1. The Morgan fingerprint density at radius 1 is 1.42 bits per heavy atom. The maximum Gasteiger partial charge on any atom is 0.138 e. The van der Waals surface area contributed by atoms with Crippen LogP contribution in [0.4, 0.5) is 5.82 Å². The van der Waals surface area contributed by atoms with Gasteiger partial charge in [0.2, 0.25) is 0 Å². The fourth-order valence-electron chi connectivity index (χ4n) is 3.57. The lowest BCUT2D eigenvalue weighted by Crippen LogP contribution is -2.20. The van der Waals surface area contributed by atoms with Crippen LogP contribution in [0.3, 0.4) is 0 Å². The van der Waals surface area contributed by atoms with Crippen molar-refractivity contribution in [3.63, 3.8) is 0 Å². The van der Waals surface area contributed by atoms with Crippen molar-refractivity contribution in [1.29, 1.82) is 5.26 Å². The van der Waals surface area contributed by atoms with Gasteiger partial charge in [-0.2, -0.15) is 5.26 Å². The lowest BCUT2D eigenvalue weighted by Gasteiger charge is -2.30. The molecule has 2 N–H and O–H groups in total. The molecule has 0 aromatic carbocycles. The summed E-state index contributed by atoms with van der Waals surface area (Å²) in [6, 6.07) is 4.61. The van der Waals surface area contributed by atoms with E-state index in [1.54, 1.807) is 13.1 Å². The zero-order valence-electron chi connectivity index (χ0n) is 14.1. The van der Waals surface area contributed by atoms with Gasteiger partial charge in [-0.3, -0.25) is 0 Å². The molecular weight excluding hydrogens is 326 g/mol. The van der Waals surface area contributed by atoms with Crippen LogP contribution in [0.25, 0.3) is 11.0 Å². The van der Waals surface area contributed by atoms with Gasteiger partial charge >= 0.3 is 0 Å². The van der Waals surface area contributed by atoms with Gasteiger partial charge in [0, 0.05) is 25.6 Å². The summed E-state index contributed by atoms with van der Waals surface area (Å²) in [5, 5.41) is 22.1. The molecule has 1 aliphatic rings. The van der Waals surface area contributed by atoms with E-state index in [-0.39, 0.29) is 12.4 Å². The van der Waals surface area contributed by atoms with Gasteiger partial charge in [-0.05, 0) is 38.5 Å². The fraction of sp³-hybridized carbons (Fsp3) is 0.588. The van der Waals surface area contributed by atoms with Crippen LogP contribution in [-0.4, -0.2) is 26.7 Å². The summed E-state index contributed by atoms with van der Waals surface area (Å²) in [5.41, 5.74) is 1.84. The van der Waals surface area contributed by atoms with E-state index in [1.807, 2.05) is 13.1 Å². The van der Waals surface area contributed by atoms with Crippen molar-refractivity contribution in [3.05, 3.63) is 18.1 Å². The lowest BCUT2D eigenvalue weighted by molar-refractivity contribution is 0.175. The number of aliphatic hydroxyl groups excluding tert-OH is 1. The van der Waals surface area contributed by atoms with Crippen molar-refractivity contribution in [2.45, 2.75) is 51.2 Å². The highest BCUT2D eigenvalue weighted by Crippen LogP contribution is 2.37. The molecule has 1 saturated carbocycles. The molecule has 0 amide bonds. The Kier molecular flexibility index (Phi) is 6.03. The molecule has 130 valence electrons. The van der Waals surface area contributed by atoms with Crippen LogP contribution < -0.4 is 5.32 Å². The number of aliphatic hydroxyl groups is 1. The van der Waals surface area contributed by atoms with E-state index >= 15 is 0 Å². The highest BCUT2D eigenvalue weighted by Gasteiger charge is 2.27. The fourth-order valence-corrected chi connectivity index (χ4v) is 3.57. The molecule has 0 radical (unpaired) electrons. The van der Waals surface area contributed by atoms with Gasteiger partial charge in [0.05, 0.1) is 17.8 Å². The van der Waals surface area contributed by atoms with Gasteiger partial charge in [0.15, 0.2) is 0 Å². The second-order valence-electron chi connectivity index (χ2n) is 6.36. The summed E-state index contributed by atoms with van der Waals surface area (Å²) < 4.78 is 2.19. The standard InChI is InChI=1S/C17H23N5O.ClH/c1-11(23)17-21-14-10-20-16(19-2)9-15(14)22(17)13-5-3-12(4-6-13)7-8-18;/h9-13,23H,3-7H2,1-2H3,(H,19,20);1H/t11-,12-,13-;/m1./s1. The number of nitrogens with one attached hydrogen (secondary N) is 1. The molecule has 0 unspecified atom stereocenters. The first-order valence-electron chi connectivity index (χ1n) is 8.24. The molecule has 0 saturated heterocycles. The van der Waals surface area contributed by atoms with E-state index in [9.17, 15) is 5.11 Å². The molecular formula is C17H24ClN5O. The minimum atomic E-state index is -0.614. The maximum absolute atomic E-state index is 10.1. The molecule has 7 heteroatoms. The topological polar surface area (TPSA) is 86.8 Å². The van der Waals surface area contributed by atoms with Gasteiger partial charge in [-0.1, -0.05) is 0 Å². The number of anilines is 1. The highest BCUT2D eigenvalue weighted by molar-refractivity contribution is 5.85. The summed E-state index contributed by atoms with van der Waals surface area (Å²) in [7, 11) is 1.84. The van der Waals surface area contributed by atoms with Crippen molar-refractivity contribution in [2.75, 3.05) is 12.4 Å². The van der Waals surface area contributed by atoms with Crippen molar-refractivity contribution < 1.29 is 5.11 Å². The highest BCUT2D eigenvalue weighted by atomic mass is 35.5. The summed E-state index contributed by atoms with van der Waals surface area (Å²) in [6.07, 6.45) is 5.95. The number of pyridine rings is 1. The Morgan fingerprint density at radius 3 is 2.71 bits per heavy atom. The van der Waals surface area contributed by atoms with E-state index in [2.05, 4.69) is 25.9 Å². The van der Waals surface area contributed by atoms with Crippen LogP contribution in [0.5, 0.6) is 0 Å². The van der Waals surface area contributed by atoms with Crippen molar-refractivity contribution >= 4 is 29.3 Å². The van der Waals surface area contributed by atoms with Crippen molar-refractivity contribution in [3.8, 4) is 6.07 Å². The molecule has 0 spiro atoms. The van der Waals surface area contributed by atoms with Gasteiger partial charge in [0.25, 0.3) is 0 Å². The van der Waals surface area contributed by atoms with Crippen LogP contribution in [0.15, 0.2) is 12.3 Å². The van der Waals surface area contributed by atoms with E-state index in [4.69, 9.17) is 5.26 Å². The summed E-state index contributed by atoms with van der Waals surface area (Å²) in [6.45, 7) is 1.76. The quantitative estimate of drug-likeness (QED) is 0.880. The minimum Gasteiger partial charge on any atom is -0.385 e. The molecule has 1 aliphatic carbocycles. The molecule has 0 bridgehead atoms. The predicted molar refractivity (Wildman–Crippen MR) is 96.2 cm³/mol. The third-order valence-electron chi connectivity index (χ3n) is 4.79. The monoisotopic (exact) mass is 349 g/mol. The van der Waals surface area contributed by atoms with Crippen molar-refractivity contribution in [1.82, 2.24) is 14.5 Å². The normalized spacial score (nSPS) is 21.8. The van der Waals surface area contributed by atoms with E-state index in [0.717, 1.165) is 42.5 Å². The van der Waals surface area contributed by atoms with E-state index < -0.39 is 6.10 Å².